The van der Waals surface area contributed by atoms with Crippen LogP contribution in [0.2, 0.25) is 5.02 Å². The monoisotopic (exact) mass is 1140 g/mol. The van der Waals surface area contributed by atoms with Crippen molar-refractivity contribution < 1.29 is 59.3 Å². The predicted octanol–water partition coefficient (Wildman–Crippen LogP) is 11.2. The molecule has 6 aromatic carbocycles. The molecule has 0 saturated heterocycles. The van der Waals surface area contributed by atoms with Crippen LogP contribution in [-0.4, -0.2) is 87.4 Å². The molecule has 0 radical (unpaired) electrons. The van der Waals surface area contributed by atoms with E-state index in [9.17, 15) is 49.9 Å². The van der Waals surface area contributed by atoms with Gasteiger partial charge in [0.05, 0.1) is 20.8 Å². The molecule has 0 saturated carbocycles. The van der Waals surface area contributed by atoms with Gasteiger partial charge in [0, 0.05) is 24.3 Å². The number of rotatable bonds is 31. The number of sulfone groups is 3. The van der Waals surface area contributed by atoms with Crippen molar-refractivity contribution in [1.29, 1.82) is 0 Å². The average Bonchev–Trinajstić information content (AvgIpc) is 3.46. The lowest BCUT2D eigenvalue weighted by molar-refractivity contribution is -0.150. The third kappa shape index (κ3) is 18.1. The normalized spacial score (nSPS) is 14.4. The van der Waals surface area contributed by atoms with Gasteiger partial charge in [0.1, 0.15) is 28.0 Å². The Morgan fingerprint density at radius 1 is 0.500 bits per heavy atom. The van der Waals surface area contributed by atoms with E-state index in [0.717, 1.165) is 16.7 Å². The van der Waals surface area contributed by atoms with Crippen molar-refractivity contribution in [3.05, 3.63) is 203 Å². The summed E-state index contributed by atoms with van der Waals surface area (Å²) in [6, 6.07) is 47.0. The van der Waals surface area contributed by atoms with Gasteiger partial charge < -0.3 is 19.7 Å². The van der Waals surface area contributed by atoms with Gasteiger partial charge in [-0.1, -0.05) is 151 Å². The number of carboxylic acids is 1. The first-order chi connectivity index (χ1) is 37.3. The second-order valence-corrected chi connectivity index (χ2v) is 26.1. The van der Waals surface area contributed by atoms with Crippen LogP contribution in [0.25, 0.3) is 6.08 Å². The number of esters is 2. The Morgan fingerprint density at radius 3 is 1.36 bits per heavy atom. The summed E-state index contributed by atoms with van der Waals surface area (Å²) in [7, 11) is -12.6. The van der Waals surface area contributed by atoms with Gasteiger partial charge in [-0.25, -0.2) is 25.3 Å². The van der Waals surface area contributed by atoms with Crippen LogP contribution in [0.1, 0.15) is 92.9 Å². The number of carbonyl (C=O) groups excluding carboxylic acids is 2. The molecule has 0 heterocycles. The minimum absolute atomic E-state index is 0.00314. The first-order valence-electron chi connectivity index (χ1n) is 26.0. The average molecular weight is 1140 g/mol. The van der Waals surface area contributed by atoms with E-state index in [1.807, 2.05) is 73.7 Å². The predicted molar refractivity (Wildman–Crippen MR) is 302 cm³/mol. The van der Waals surface area contributed by atoms with Gasteiger partial charge in [-0.15, -0.1) is 0 Å². The van der Waals surface area contributed by atoms with Gasteiger partial charge in [-0.05, 0) is 136 Å². The highest BCUT2D eigenvalue weighted by Gasteiger charge is 2.39. The first-order valence-corrected chi connectivity index (χ1v) is 31.0. The van der Waals surface area contributed by atoms with Crippen LogP contribution in [0.4, 0.5) is 0 Å². The topological polar surface area (TPSA) is 213 Å². The number of aliphatic carboxylic acids is 1. The van der Waals surface area contributed by atoms with Crippen LogP contribution in [0, 0.1) is 6.92 Å². The summed E-state index contributed by atoms with van der Waals surface area (Å²) in [5.41, 5.74) is 3.19. The van der Waals surface area contributed by atoms with Gasteiger partial charge in [0.25, 0.3) is 0 Å². The minimum Gasteiger partial charge on any atom is -0.481 e. The number of carboxylic acid groups (broad SMARTS) is 1. The van der Waals surface area contributed by atoms with Crippen molar-refractivity contribution >= 4 is 65.1 Å². The summed E-state index contributed by atoms with van der Waals surface area (Å²) < 4.78 is 98.7. The van der Waals surface area contributed by atoms with Crippen molar-refractivity contribution in [3.8, 4) is 0 Å². The van der Waals surface area contributed by atoms with E-state index in [-0.39, 0.29) is 98.2 Å². The van der Waals surface area contributed by atoms with Crippen LogP contribution in [-0.2, 0) is 66.2 Å². The molecule has 0 bridgehead atoms. The Bertz CT molecular complexity index is 3220. The molecule has 6 atom stereocenters. The van der Waals surface area contributed by atoms with Crippen molar-refractivity contribution in [2.45, 2.75) is 139 Å². The summed E-state index contributed by atoms with van der Waals surface area (Å²) in [6.45, 7) is 1.82. The highest BCUT2D eigenvalue weighted by Crippen LogP contribution is 2.31. The first kappa shape index (κ1) is 60.8. The summed E-state index contributed by atoms with van der Waals surface area (Å²) in [5, 5.41) is 17.4. The standard InChI is InChI=1S/C61H67ClO13S3/c1-45-31-38-51(39-32-45)77(70,71)58(44-35-48-21-10-4-11-22-48)55(75-60(66)29-14-25-53(63)56(42-33-46-17-6-2-7-18-46)76(68,69)50-23-12-5-13-24-50)27-16-30-61(67)74-54(26-15-28-59(64)65)57(43-34-47-19-8-3-9-20-47)78(72,73)52-40-36-49(62)37-41-52/h2-13,17-24,31-33,36-42,53-58,63H,14-16,25-30,34-35,43-44H2,1H3,(H,64,65). The number of ether oxygens (including phenoxy) is 2. The van der Waals surface area contributed by atoms with Crippen LogP contribution >= 0.6 is 11.6 Å². The molecule has 6 rings (SSSR count). The van der Waals surface area contributed by atoms with Crippen LogP contribution < -0.4 is 0 Å². The fourth-order valence-corrected chi connectivity index (χ4v) is 14.9. The maximum absolute atomic E-state index is 14.8. The number of benzene rings is 6. The molecule has 6 unspecified atom stereocenters. The van der Waals surface area contributed by atoms with Crippen molar-refractivity contribution in [2.24, 2.45) is 0 Å². The van der Waals surface area contributed by atoms with Crippen molar-refractivity contribution in [2.75, 3.05) is 0 Å². The van der Waals surface area contributed by atoms with Crippen LogP contribution in [0.15, 0.2) is 191 Å². The maximum Gasteiger partial charge on any atom is 0.306 e. The highest BCUT2D eigenvalue weighted by atomic mass is 35.5. The molecular weight excluding hydrogens is 1070 g/mol. The largest absolute Gasteiger partial charge is 0.481 e. The molecule has 13 nitrogen and oxygen atoms in total. The lowest BCUT2D eigenvalue weighted by Crippen LogP contribution is -2.39. The zero-order chi connectivity index (χ0) is 56.1. The van der Waals surface area contributed by atoms with Crippen molar-refractivity contribution in [3.63, 3.8) is 0 Å². The van der Waals surface area contributed by atoms with E-state index < -0.39 is 81.5 Å². The number of hydrogen-bond donors (Lipinski definition) is 2. The van der Waals surface area contributed by atoms with E-state index >= 15 is 0 Å². The second-order valence-electron chi connectivity index (χ2n) is 19.3. The summed E-state index contributed by atoms with van der Waals surface area (Å²) in [5.74, 6) is -2.75. The third-order valence-electron chi connectivity index (χ3n) is 13.5. The van der Waals surface area contributed by atoms with Gasteiger partial charge >= 0.3 is 17.9 Å². The molecule has 0 fully saturated rings. The van der Waals surface area contributed by atoms with E-state index in [1.54, 1.807) is 60.7 Å². The number of aliphatic hydroxyl groups excluding tert-OH is 1. The van der Waals surface area contributed by atoms with Gasteiger partial charge in [0.2, 0.25) is 0 Å². The zero-order valence-electron chi connectivity index (χ0n) is 43.5. The molecule has 0 amide bonds. The Hall–Kier alpha value is -6.43. The fraction of sp³-hybridized carbons (Fsp3) is 0.328. The zero-order valence-corrected chi connectivity index (χ0v) is 46.7. The molecule has 17 heteroatoms. The summed E-state index contributed by atoms with van der Waals surface area (Å²) in [4.78, 5) is 39.8. The third-order valence-corrected chi connectivity index (χ3v) is 20.4. The van der Waals surface area contributed by atoms with Gasteiger partial charge in [0.15, 0.2) is 29.5 Å². The Labute approximate surface area is 464 Å². The van der Waals surface area contributed by atoms with E-state index in [0.29, 0.717) is 10.6 Å². The number of carbonyl (C=O) groups is 3. The summed E-state index contributed by atoms with van der Waals surface area (Å²) in [6.07, 6.45) is -1.97. The molecular formula is C61H67ClO13S3. The van der Waals surface area contributed by atoms with Crippen molar-refractivity contribution in [1.82, 2.24) is 0 Å². The Kier molecular flexibility index (Phi) is 23.0. The molecule has 2 N–H and O–H groups in total. The number of halogens is 1. The second kappa shape index (κ2) is 29.5. The Balaban J connectivity index is 1.25. The van der Waals surface area contributed by atoms with E-state index in [2.05, 4.69) is 0 Å². The number of hydrogen-bond acceptors (Lipinski definition) is 12. The van der Waals surface area contributed by atoms with Crippen LogP contribution in [0.5, 0.6) is 0 Å². The molecule has 6 aromatic rings. The molecule has 0 aliphatic rings. The maximum atomic E-state index is 14.8. The van der Waals surface area contributed by atoms with Crippen LogP contribution in [0.3, 0.4) is 0 Å². The van der Waals surface area contributed by atoms with E-state index in [1.165, 1.54) is 54.6 Å². The lowest BCUT2D eigenvalue weighted by Gasteiger charge is -2.29. The van der Waals surface area contributed by atoms with Gasteiger partial charge in [-0.3, -0.25) is 14.4 Å². The number of aryl methyl sites for hydroxylation is 3. The molecule has 78 heavy (non-hydrogen) atoms. The smallest absolute Gasteiger partial charge is 0.306 e. The lowest BCUT2D eigenvalue weighted by atomic mass is 10.0. The van der Waals surface area contributed by atoms with E-state index in [4.69, 9.17) is 21.1 Å². The summed E-state index contributed by atoms with van der Waals surface area (Å²) >= 11 is 6.13. The highest BCUT2D eigenvalue weighted by molar-refractivity contribution is 7.92. The molecule has 0 aliphatic carbocycles. The molecule has 0 aliphatic heterocycles. The Morgan fingerprint density at radius 2 is 0.897 bits per heavy atom. The quantitative estimate of drug-likeness (QED) is 0.0388. The molecule has 414 valence electrons. The molecule has 0 spiro atoms. The minimum atomic E-state index is -4.25. The number of aliphatic hydroxyl groups is 1. The molecule has 0 aromatic heterocycles. The SMILES string of the molecule is Cc1ccc(S(=O)(=O)C(CCc2ccccc2)C(CCCC(=O)OC(CCCC(=O)O)C(CCc2ccccc2)S(=O)(=O)c2ccc(Cl)cc2)OC(=O)CCCC(O)C(C=Cc2ccccc2)S(=O)(=O)c2ccccc2)cc1. The fourth-order valence-electron chi connectivity index (χ4n) is 9.29. The van der Waals surface area contributed by atoms with Gasteiger partial charge in [-0.2, -0.15) is 0 Å².